The molecular formula is C21H27N5O4S. The SMILES string of the molecule is COCc1nnc(NC(=O)[C@H](Cc2cn(C)c3ccccc23)NC(=O)OC(C)(C)C)s1. The predicted molar refractivity (Wildman–Crippen MR) is 119 cm³/mol. The summed E-state index contributed by atoms with van der Waals surface area (Å²) in [5.74, 6) is -0.404. The zero-order valence-corrected chi connectivity index (χ0v) is 19.1. The normalized spacial score (nSPS) is 12.5. The van der Waals surface area contributed by atoms with Crippen LogP contribution in [0.2, 0.25) is 0 Å². The number of aryl methyl sites for hydroxylation is 1. The highest BCUT2D eigenvalue weighted by atomic mass is 32.1. The Morgan fingerprint density at radius 3 is 2.68 bits per heavy atom. The van der Waals surface area contributed by atoms with Crippen LogP contribution in [-0.4, -0.2) is 45.5 Å². The van der Waals surface area contributed by atoms with Gasteiger partial charge >= 0.3 is 6.09 Å². The van der Waals surface area contributed by atoms with Crippen LogP contribution in [0.25, 0.3) is 10.9 Å². The first-order valence-corrected chi connectivity index (χ1v) is 10.6. The molecule has 1 aromatic carbocycles. The van der Waals surface area contributed by atoms with Crippen LogP contribution in [0.15, 0.2) is 30.5 Å². The number of benzene rings is 1. The second-order valence-electron chi connectivity index (χ2n) is 8.11. The van der Waals surface area contributed by atoms with Gasteiger partial charge in [0.05, 0.1) is 0 Å². The zero-order valence-electron chi connectivity index (χ0n) is 18.3. The molecule has 2 N–H and O–H groups in total. The van der Waals surface area contributed by atoms with E-state index in [0.717, 1.165) is 16.5 Å². The molecule has 0 unspecified atom stereocenters. The number of amides is 2. The lowest BCUT2D eigenvalue weighted by atomic mass is 10.0. The Bertz CT molecular complexity index is 1070. The Morgan fingerprint density at radius 2 is 1.97 bits per heavy atom. The predicted octanol–water partition coefficient (Wildman–Crippen LogP) is 3.25. The van der Waals surface area contributed by atoms with E-state index in [2.05, 4.69) is 20.8 Å². The summed E-state index contributed by atoms with van der Waals surface area (Å²) in [6.45, 7) is 5.62. The van der Waals surface area contributed by atoms with Crippen molar-refractivity contribution in [2.24, 2.45) is 7.05 Å². The van der Waals surface area contributed by atoms with E-state index in [4.69, 9.17) is 9.47 Å². The van der Waals surface area contributed by atoms with Crippen molar-refractivity contribution >= 4 is 39.4 Å². The molecule has 9 nitrogen and oxygen atoms in total. The molecule has 0 aliphatic rings. The van der Waals surface area contributed by atoms with Crippen LogP contribution in [0, 0.1) is 0 Å². The van der Waals surface area contributed by atoms with E-state index >= 15 is 0 Å². The van der Waals surface area contributed by atoms with Gasteiger partial charge in [-0.2, -0.15) is 0 Å². The van der Waals surface area contributed by atoms with Gasteiger partial charge in [0.15, 0.2) is 0 Å². The Morgan fingerprint density at radius 1 is 1.23 bits per heavy atom. The fourth-order valence-electron chi connectivity index (χ4n) is 3.15. The van der Waals surface area contributed by atoms with Crippen LogP contribution in [0.4, 0.5) is 9.93 Å². The number of anilines is 1. The number of nitrogens with one attached hydrogen (secondary N) is 2. The summed E-state index contributed by atoms with van der Waals surface area (Å²) >= 11 is 1.22. The second-order valence-corrected chi connectivity index (χ2v) is 9.17. The summed E-state index contributed by atoms with van der Waals surface area (Å²) in [5, 5.41) is 15.4. The molecule has 0 bridgehead atoms. The zero-order chi connectivity index (χ0) is 22.6. The third-order valence-electron chi connectivity index (χ3n) is 4.38. The Kier molecular flexibility index (Phi) is 6.91. The minimum atomic E-state index is -0.865. The van der Waals surface area contributed by atoms with Crippen molar-refractivity contribution < 1.29 is 19.1 Å². The number of carbonyl (C=O) groups excluding carboxylic acids is 2. The van der Waals surface area contributed by atoms with Crippen LogP contribution in [0.3, 0.4) is 0 Å². The monoisotopic (exact) mass is 445 g/mol. The third-order valence-corrected chi connectivity index (χ3v) is 5.19. The van der Waals surface area contributed by atoms with Crippen LogP contribution in [-0.2, 0) is 34.3 Å². The van der Waals surface area contributed by atoms with E-state index in [-0.39, 0.29) is 6.42 Å². The number of fused-ring (bicyclic) bond motifs is 1. The van der Waals surface area contributed by atoms with Crippen LogP contribution in [0.5, 0.6) is 0 Å². The average molecular weight is 446 g/mol. The average Bonchev–Trinajstić information content (AvgIpc) is 3.25. The molecule has 0 aliphatic carbocycles. The lowest BCUT2D eigenvalue weighted by Gasteiger charge is -2.23. The molecule has 0 radical (unpaired) electrons. The molecule has 166 valence electrons. The maximum absolute atomic E-state index is 13.0. The third kappa shape index (κ3) is 6.02. The van der Waals surface area contributed by atoms with Gasteiger partial charge in [-0.3, -0.25) is 10.1 Å². The van der Waals surface area contributed by atoms with E-state index in [1.165, 1.54) is 11.3 Å². The number of aromatic nitrogens is 3. The quantitative estimate of drug-likeness (QED) is 0.578. The van der Waals surface area contributed by atoms with Gasteiger partial charge in [0.25, 0.3) is 0 Å². The number of para-hydroxylation sites is 1. The summed E-state index contributed by atoms with van der Waals surface area (Å²) in [6.07, 6.45) is 1.59. The van der Waals surface area contributed by atoms with Gasteiger partial charge in [-0.05, 0) is 32.4 Å². The number of carbonyl (C=O) groups is 2. The fourth-order valence-corrected chi connectivity index (χ4v) is 3.86. The van der Waals surface area contributed by atoms with Crippen molar-refractivity contribution in [1.82, 2.24) is 20.1 Å². The molecule has 3 rings (SSSR count). The van der Waals surface area contributed by atoms with E-state index in [0.29, 0.717) is 16.7 Å². The summed E-state index contributed by atoms with van der Waals surface area (Å²) in [5.41, 5.74) is 1.30. The Balaban J connectivity index is 1.82. The van der Waals surface area contributed by atoms with Crippen molar-refractivity contribution in [3.05, 3.63) is 41.0 Å². The van der Waals surface area contributed by atoms with Gasteiger partial charge in [-0.15, -0.1) is 10.2 Å². The van der Waals surface area contributed by atoms with Gasteiger partial charge in [-0.1, -0.05) is 29.5 Å². The van der Waals surface area contributed by atoms with Crippen molar-refractivity contribution in [2.45, 2.75) is 45.4 Å². The van der Waals surface area contributed by atoms with E-state index in [9.17, 15) is 9.59 Å². The Labute approximate surface area is 184 Å². The van der Waals surface area contributed by atoms with Gasteiger partial charge in [0, 0.05) is 37.7 Å². The first kappa shape index (κ1) is 22.7. The summed E-state index contributed by atoms with van der Waals surface area (Å²) in [7, 11) is 3.51. The number of alkyl carbamates (subject to hydrolysis) is 1. The number of ether oxygens (including phenoxy) is 2. The van der Waals surface area contributed by atoms with Crippen molar-refractivity contribution in [2.75, 3.05) is 12.4 Å². The van der Waals surface area contributed by atoms with E-state index in [1.807, 2.05) is 42.1 Å². The van der Waals surface area contributed by atoms with Gasteiger partial charge in [-0.25, -0.2) is 4.79 Å². The molecule has 1 atom stereocenters. The molecule has 2 amide bonds. The molecule has 0 saturated carbocycles. The molecule has 31 heavy (non-hydrogen) atoms. The maximum Gasteiger partial charge on any atom is 0.408 e. The van der Waals surface area contributed by atoms with Gasteiger partial charge < -0.3 is 19.4 Å². The number of rotatable bonds is 7. The highest BCUT2D eigenvalue weighted by molar-refractivity contribution is 7.15. The molecular weight excluding hydrogens is 418 g/mol. The number of hydrogen-bond acceptors (Lipinski definition) is 7. The molecule has 0 fully saturated rings. The lowest BCUT2D eigenvalue weighted by molar-refractivity contribution is -0.118. The highest BCUT2D eigenvalue weighted by Gasteiger charge is 2.26. The molecule has 2 aromatic heterocycles. The molecule has 2 heterocycles. The van der Waals surface area contributed by atoms with Crippen LogP contribution < -0.4 is 10.6 Å². The summed E-state index contributed by atoms with van der Waals surface area (Å²) < 4.78 is 12.4. The first-order chi connectivity index (χ1) is 14.7. The molecule has 0 aliphatic heterocycles. The number of hydrogen-bond donors (Lipinski definition) is 2. The topological polar surface area (TPSA) is 107 Å². The van der Waals surface area contributed by atoms with Crippen molar-refractivity contribution in [3.8, 4) is 0 Å². The number of nitrogens with zero attached hydrogens (tertiary/aromatic N) is 3. The molecule has 0 saturated heterocycles. The van der Waals surface area contributed by atoms with Crippen molar-refractivity contribution in [1.29, 1.82) is 0 Å². The smallest absolute Gasteiger partial charge is 0.408 e. The van der Waals surface area contributed by atoms with Gasteiger partial charge in [0.2, 0.25) is 11.0 Å². The number of methoxy groups -OCH3 is 1. The second kappa shape index (κ2) is 9.44. The minimum Gasteiger partial charge on any atom is -0.444 e. The Hall–Kier alpha value is -2.98. The fraction of sp³-hybridized carbons (Fsp3) is 0.429. The molecule has 3 aromatic rings. The standard InChI is InChI=1S/C21H27N5O4S/c1-21(2,3)30-20(28)22-15(18(27)23-19-25-24-17(31-19)12-29-5)10-13-11-26(4)16-9-7-6-8-14(13)16/h6-9,11,15H,10,12H2,1-5H3,(H,22,28)(H,23,25,27)/t15-/m0/s1. The maximum atomic E-state index is 13.0. The largest absolute Gasteiger partial charge is 0.444 e. The van der Waals surface area contributed by atoms with E-state index < -0.39 is 23.6 Å². The highest BCUT2D eigenvalue weighted by Crippen LogP contribution is 2.23. The van der Waals surface area contributed by atoms with Gasteiger partial charge in [0.1, 0.15) is 23.3 Å². The minimum absolute atomic E-state index is 0.288. The van der Waals surface area contributed by atoms with Crippen LogP contribution >= 0.6 is 11.3 Å². The van der Waals surface area contributed by atoms with Crippen LogP contribution in [0.1, 0.15) is 31.3 Å². The molecule has 10 heteroatoms. The summed E-state index contributed by atoms with van der Waals surface area (Å²) in [6, 6.07) is 7.04. The molecule has 0 spiro atoms. The van der Waals surface area contributed by atoms with E-state index in [1.54, 1.807) is 27.9 Å². The lowest BCUT2D eigenvalue weighted by Crippen LogP contribution is -2.47. The summed E-state index contributed by atoms with van der Waals surface area (Å²) in [4.78, 5) is 25.5. The van der Waals surface area contributed by atoms with Crippen molar-refractivity contribution in [3.63, 3.8) is 0 Å². The first-order valence-electron chi connectivity index (χ1n) is 9.81.